The van der Waals surface area contributed by atoms with Crippen LogP contribution >= 0.6 is 0 Å². The zero-order valence-electron chi connectivity index (χ0n) is 7.99. The van der Waals surface area contributed by atoms with Crippen LogP contribution in [0.4, 0.5) is 5.69 Å². The number of anilines is 1. The number of carbonyl (C=O) groups excluding carboxylic acids is 1. The van der Waals surface area contributed by atoms with Crippen molar-refractivity contribution in [2.24, 2.45) is 5.92 Å². The van der Waals surface area contributed by atoms with E-state index in [4.69, 9.17) is 0 Å². The minimum absolute atomic E-state index is 0.228. The molecular weight excluding hydrogens is 174 g/mol. The van der Waals surface area contributed by atoms with Crippen LogP contribution in [0, 0.1) is 5.92 Å². The topological polar surface area (TPSA) is 29.1 Å². The largest absolute Gasteiger partial charge is 0.326 e. The standard InChI is InChI=1S/C12H13NO/c14-12-10-6-3-5-8(10)9-4-1-2-7-11(9)13-12/h1-2,4,7-8,10H,3,5-6H2,(H,13,14)/t8-,10+/m1/s1. The number of amides is 1. The predicted molar refractivity (Wildman–Crippen MR) is 55.2 cm³/mol. The van der Waals surface area contributed by atoms with Crippen LogP contribution in [-0.4, -0.2) is 5.91 Å². The quantitative estimate of drug-likeness (QED) is 0.664. The number of hydrogen-bond donors (Lipinski definition) is 1. The molecule has 1 aliphatic carbocycles. The van der Waals surface area contributed by atoms with E-state index < -0.39 is 0 Å². The Morgan fingerprint density at radius 2 is 1.93 bits per heavy atom. The molecule has 72 valence electrons. The Bertz CT molecular complexity index is 386. The minimum atomic E-state index is 0.228. The molecule has 3 rings (SSSR count). The van der Waals surface area contributed by atoms with Crippen LogP contribution in [0.5, 0.6) is 0 Å². The van der Waals surface area contributed by atoms with Crippen LogP contribution in [0.15, 0.2) is 24.3 Å². The van der Waals surface area contributed by atoms with Crippen LogP contribution in [-0.2, 0) is 4.79 Å². The first-order chi connectivity index (χ1) is 6.86. The van der Waals surface area contributed by atoms with Crippen LogP contribution in [0.2, 0.25) is 0 Å². The molecule has 0 spiro atoms. The second-order valence-electron chi connectivity index (χ2n) is 4.22. The second-order valence-corrected chi connectivity index (χ2v) is 4.22. The highest BCUT2D eigenvalue weighted by atomic mass is 16.2. The molecular formula is C12H13NO. The number of hydrogen-bond acceptors (Lipinski definition) is 1. The summed E-state index contributed by atoms with van der Waals surface area (Å²) in [4.78, 5) is 11.7. The molecule has 0 aromatic heterocycles. The van der Waals surface area contributed by atoms with Crippen molar-refractivity contribution in [3.05, 3.63) is 29.8 Å². The molecule has 0 radical (unpaired) electrons. The molecule has 1 fully saturated rings. The van der Waals surface area contributed by atoms with Gasteiger partial charge in [0.25, 0.3) is 0 Å². The van der Waals surface area contributed by atoms with Gasteiger partial charge in [0, 0.05) is 11.6 Å². The van der Waals surface area contributed by atoms with Crippen LogP contribution in [0.1, 0.15) is 30.7 Å². The molecule has 2 aliphatic rings. The van der Waals surface area contributed by atoms with Crippen molar-refractivity contribution < 1.29 is 4.79 Å². The molecule has 1 aromatic rings. The zero-order chi connectivity index (χ0) is 9.54. The van der Waals surface area contributed by atoms with Crippen molar-refractivity contribution in [3.8, 4) is 0 Å². The molecule has 2 atom stereocenters. The van der Waals surface area contributed by atoms with Gasteiger partial charge < -0.3 is 5.32 Å². The normalized spacial score (nSPS) is 29.3. The number of rotatable bonds is 0. The van der Waals surface area contributed by atoms with Crippen LogP contribution < -0.4 is 5.32 Å². The fourth-order valence-corrected chi connectivity index (χ4v) is 2.81. The van der Waals surface area contributed by atoms with E-state index in [9.17, 15) is 4.79 Å². The third-order valence-corrected chi connectivity index (χ3v) is 3.47. The first-order valence-corrected chi connectivity index (χ1v) is 5.26. The monoisotopic (exact) mass is 187 g/mol. The van der Waals surface area contributed by atoms with Gasteiger partial charge in [-0.05, 0) is 30.4 Å². The molecule has 1 heterocycles. The van der Waals surface area contributed by atoms with Crippen LogP contribution in [0.25, 0.3) is 0 Å². The molecule has 1 saturated carbocycles. The highest BCUT2D eigenvalue weighted by molar-refractivity contribution is 5.96. The van der Waals surface area contributed by atoms with Gasteiger partial charge in [0.2, 0.25) is 5.91 Å². The van der Waals surface area contributed by atoms with E-state index in [0.717, 1.165) is 12.1 Å². The zero-order valence-corrected chi connectivity index (χ0v) is 7.99. The highest BCUT2D eigenvalue weighted by Gasteiger charge is 2.38. The van der Waals surface area contributed by atoms with Gasteiger partial charge in [-0.25, -0.2) is 0 Å². The molecule has 0 bridgehead atoms. The number of fused-ring (bicyclic) bond motifs is 3. The van der Waals surface area contributed by atoms with E-state index >= 15 is 0 Å². The van der Waals surface area contributed by atoms with Crippen molar-refractivity contribution in [2.45, 2.75) is 25.2 Å². The fourth-order valence-electron chi connectivity index (χ4n) is 2.81. The molecule has 1 N–H and O–H groups in total. The Morgan fingerprint density at radius 1 is 1.14 bits per heavy atom. The van der Waals surface area contributed by atoms with Gasteiger partial charge in [-0.3, -0.25) is 4.79 Å². The summed E-state index contributed by atoms with van der Waals surface area (Å²) in [7, 11) is 0. The van der Waals surface area contributed by atoms with Crippen molar-refractivity contribution in [3.63, 3.8) is 0 Å². The lowest BCUT2D eigenvalue weighted by Gasteiger charge is -2.27. The van der Waals surface area contributed by atoms with E-state index in [1.54, 1.807) is 0 Å². The van der Waals surface area contributed by atoms with Gasteiger partial charge in [0.1, 0.15) is 0 Å². The lowest BCUT2D eigenvalue weighted by molar-refractivity contribution is -0.120. The van der Waals surface area contributed by atoms with Gasteiger partial charge in [0.15, 0.2) is 0 Å². The molecule has 14 heavy (non-hydrogen) atoms. The van der Waals surface area contributed by atoms with Crippen molar-refractivity contribution in [1.82, 2.24) is 0 Å². The summed E-state index contributed by atoms with van der Waals surface area (Å²) in [5.41, 5.74) is 2.37. The van der Waals surface area contributed by atoms with E-state index in [2.05, 4.69) is 17.4 Å². The molecule has 2 heteroatoms. The fraction of sp³-hybridized carbons (Fsp3) is 0.417. The Kier molecular flexibility index (Phi) is 1.63. The molecule has 1 aromatic carbocycles. The van der Waals surface area contributed by atoms with Crippen LogP contribution in [0.3, 0.4) is 0 Å². The van der Waals surface area contributed by atoms with Crippen molar-refractivity contribution in [1.29, 1.82) is 0 Å². The molecule has 0 unspecified atom stereocenters. The van der Waals surface area contributed by atoms with Gasteiger partial charge in [-0.15, -0.1) is 0 Å². The van der Waals surface area contributed by atoms with Gasteiger partial charge in [-0.1, -0.05) is 24.6 Å². The van der Waals surface area contributed by atoms with E-state index in [1.165, 1.54) is 18.4 Å². The van der Waals surface area contributed by atoms with Crippen molar-refractivity contribution >= 4 is 11.6 Å². The van der Waals surface area contributed by atoms with E-state index in [0.29, 0.717) is 5.92 Å². The predicted octanol–water partition coefficient (Wildman–Crippen LogP) is 2.52. The molecule has 1 amide bonds. The number of carbonyl (C=O) groups is 1. The first kappa shape index (κ1) is 8.04. The summed E-state index contributed by atoms with van der Waals surface area (Å²) in [6, 6.07) is 8.19. The Labute approximate surface area is 83.3 Å². The summed E-state index contributed by atoms with van der Waals surface area (Å²) >= 11 is 0. The summed E-state index contributed by atoms with van der Waals surface area (Å²) < 4.78 is 0. The summed E-state index contributed by atoms with van der Waals surface area (Å²) in [5.74, 6) is 0.955. The third-order valence-electron chi connectivity index (χ3n) is 3.47. The molecule has 2 nitrogen and oxygen atoms in total. The number of benzene rings is 1. The summed E-state index contributed by atoms with van der Waals surface area (Å²) in [6.07, 6.45) is 3.43. The van der Waals surface area contributed by atoms with Crippen molar-refractivity contribution in [2.75, 3.05) is 5.32 Å². The average molecular weight is 187 g/mol. The van der Waals surface area contributed by atoms with E-state index in [-0.39, 0.29) is 11.8 Å². The lowest BCUT2D eigenvalue weighted by Crippen LogP contribution is -2.30. The summed E-state index contributed by atoms with van der Waals surface area (Å²) in [6.45, 7) is 0. The second kappa shape index (κ2) is 2.84. The smallest absolute Gasteiger partial charge is 0.228 e. The summed E-state index contributed by atoms with van der Waals surface area (Å²) in [5, 5.41) is 2.99. The maximum absolute atomic E-state index is 11.7. The maximum Gasteiger partial charge on any atom is 0.228 e. The number of para-hydroxylation sites is 1. The minimum Gasteiger partial charge on any atom is -0.326 e. The third kappa shape index (κ3) is 0.999. The first-order valence-electron chi connectivity index (χ1n) is 5.26. The van der Waals surface area contributed by atoms with E-state index in [1.807, 2.05) is 12.1 Å². The number of nitrogens with one attached hydrogen (secondary N) is 1. The lowest BCUT2D eigenvalue weighted by atomic mass is 9.84. The SMILES string of the molecule is O=C1Nc2ccccc2[C@H]2CCC[C@H]12. The van der Waals surface area contributed by atoms with Gasteiger partial charge in [0.05, 0.1) is 0 Å². The maximum atomic E-state index is 11.7. The Hall–Kier alpha value is -1.31. The van der Waals surface area contributed by atoms with Gasteiger partial charge in [-0.2, -0.15) is 0 Å². The Balaban J connectivity index is 2.11. The molecule has 0 saturated heterocycles. The highest BCUT2D eigenvalue weighted by Crippen LogP contribution is 2.45. The Morgan fingerprint density at radius 3 is 2.86 bits per heavy atom. The molecule has 1 aliphatic heterocycles. The van der Waals surface area contributed by atoms with Gasteiger partial charge >= 0.3 is 0 Å². The average Bonchev–Trinajstić information content (AvgIpc) is 2.67.